The lowest BCUT2D eigenvalue weighted by Crippen LogP contribution is -2.28. The summed E-state index contributed by atoms with van der Waals surface area (Å²) in [5, 5.41) is 4.71. The molecule has 1 amide bonds. The first-order valence-electron chi connectivity index (χ1n) is 8.75. The van der Waals surface area contributed by atoms with Gasteiger partial charge in [-0.25, -0.2) is 4.68 Å². The summed E-state index contributed by atoms with van der Waals surface area (Å²) < 4.78 is 1.82. The molecule has 1 aromatic carbocycles. The van der Waals surface area contributed by atoms with Crippen molar-refractivity contribution in [3.63, 3.8) is 0 Å². The van der Waals surface area contributed by atoms with E-state index in [1.165, 1.54) is 0 Å². The van der Waals surface area contributed by atoms with Gasteiger partial charge in [-0.1, -0.05) is 18.2 Å². The van der Waals surface area contributed by atoms with E-state index in [4.69, 9.17) is 5.10 Å². The van der Waals surface area contributed by atoms with E-state index in [1.54, 1.807) is 23.4 Å². The summed E-state index contributed by atoms with van der Waals surface area (Å²) in [4.78, 5) is 18.3. The zero-order valence-corrected chi connectivity index (χ0v) is 15.0. The van der Waals surface area contributed by atoms with Gasteiger partial charge in [-0.05, 0) is 44.2 Å². The third kappa shape index (κ3) is 3.88. The second-order valence-corrected chi connectivity index (χ2v) is 5.80. The number of pyridine rings is 1. The standard InChI is InChI=1S/C21H22N4O/c1-3-24(4-2)20(26)13-12-18-16-25(19-10-6-5-7-11-19)23-21(18)17-9-8-14-22-15-17/h5-16H,3-4H2,1-2H3/b13-12+. The third-order valence-corrected chi connectivity index (χ3v) is 4.18. The molecule has 0 radical (unpaired) electrons. The SMILES string of the molecule is CCN(CC)C(=O)/C=C/c1cn(-c2ccccc2)nc1-c1cccnc1. The van der Waals surface area contributed by atoms with Crippen molar-refractivity contribution in [3.05, 3.63) is 72.7 Å². The molecular weight excluding hydrogens is 324 g/mol. The Morgan fingerprint density at radius 3 is 2.54 bits per heavy atom. The van der Waals surface area contributed by atoms with Crippen LogP contribution in [0.25, 0.3) is 23.0 Å². The van der Waals surface area contributed by atoms with Crippen molar-refractivity contribution >= 4 is 12.0 Å². The van der Waals surface area contributed by atoms with E-state index in [9.17, 15) is 4.79 Å². The molecule has 0 unspecified atom stereocenters. The largest absolute Gasteiger partial charge is 0.340 e. The van der Waals surface area contributed by atoms with Gasteiger partial charge in [0.1, 0.15) is 5.69 Å². The minimum atomic E-state index is -0.000372. The molecule has 2 heterocycles. The molecule has 5 nitrogen and oxygen atoms in total. The number of likely N-dealkylation sites (N-methyl/N-ethyl adjacent to an activating group) is 1. The smallest absolute Gasteiger partial charge is 0.246 e. The van der Waals surface area contributed by atoms with Crippen LogP contribution in [-0.2, 0) is 4.79 Å². The predicted octanol–water partition coefficient (Wildman–Crippen LogP) is 3.82. The highest BCUT2D eigenvalue weighted by Gasteiger charge is 2.12. The van der Waals surface area contributed by atoms with Gasteiger partial charge in [-0.2, -0.15) is 5.10 Å². The second-order valence-electron chi connectivity index (χ2n) is 5.80. The number of carbonyl (C=O) groups is 1. The van der Waals surface area contributed by atoms with Crippen LogP contribution in [-0.4, -0.2) is 38.7 Å². The number of hydrogen-bond acceptors (Lipinski definition) is 3. The van der Waals surface area contributed by atoms with Crippen LogP contribution in [0.4, 0.5) is 0 Å². The van der Waals surface area contributed by atoms with Crippen molar-refractivity contribution < 1.29 is 4.79 Å². The van der Waals surface area contributed by atoms with E-state index in [0.717, 1.165) is 22.5 Å². The maximum atomic E-state index is 12.3. The zero-order valence-electron chi connectivity index (χ0n) is 15.0. The molecule has 0 aliphatic rings. The van der Waals surface area contributed by atoms with Gasteiger partial charge in [0.15, 0.2) is 0 Å². The predicted molar refractivity (Wildman–Crippen MR) is 104 cm³/mol. The second kappa shape index (κ2) is 8.25. The first-order chi connectivity index (χ1) is 12.7. The summed E-state index contributed by atoms with van der Waals surface area (Å²) in [7, 11) is 0. The van der Waals surface area contributed by atoms with Gasteiger partial charge in [-0.15, -0.1) is 0 Å². The monoisotopic (exact) mass is 346 g/mol. The van der Waals surface area contributed by atoms with Crippen molar-refractivity contribution in [3.8, 4) is 16.9 Å². The topological polar surface area (TPSA) is 51.0 Å². The van der Waals surface area contributed by atoms with Crippen molar-refractivity contribution in [1.82, 2.24) is 19.7 Å². The molecule has 0 bridgehead atoms. The maximum absolute atomic E-state index is 12.3. The van der Waals surface area contributed by atoms with Crippen LogP contribution >= 0.6 is 0 Å². The summed E-state index contributed by atoms with van der Waals surface area (Å²) in [5.74, 6) is -0.000372. The third-order valence-electron chi connectivity index (χ3n) is 4.18. The zero-order chi connectivity index (χ0) is 18.4. The summed E-state index contributed by atoms with van der Waals surface area (Å²) in [6.07, 6.45) is 8.89. The van der Waals surface area contributed by atoms with Crippen molar-refractivity contribution in [2.45, 2.75) is 13.8 Å². The molecule has 0 saturated carbocycles. The molecule has 0 aliphatic heterocycles. The fraction of sp³-hybridized carbons (Fsp3) is 0.190. The minimum absolute atomic E-state index is 0.000372. The summed E-state index contributed by atoms with van der Waals surface area (Å²) >= 11 is 0. The molecule has 26 heavy (non-hydrogen) atoms. The molecule has 3 rings (SSSR count). The molecule has 0 spiro atoms. The van der Waals surface area contributed by atoms with Gasteiger partial charge >= 0.3 is 0 Å². The van der Waals surface area contributed by atoms with Crippen LogP contribution in [0.2, 0.25) is 0 Å². The first-order valence-corrected chi connectivity index (χ1v) is 8.75. The Hall–Kier alpha value is -3.21. The normalized spacial score (nSPS) is 11.0. The van der Waals surface area contributed by atoms with Gasteiger partial charge in [-0.3, -0.25) is 9.78 Å². The Labute approximate surface area is 153 Å². The number of para-hydroxylation sites is 1. The highest BCUT2D eigenvalue weighted by molar-refractivity contribution is 5.92. The molecular formula is C21H22N4O. The average Bonchev–Trinajstić information content (AvgIpc) is 3.13. The highest BCUT2D eigenvalue weighted by atomic mass is 16.2. The van der Waals surface area contributed by atoms with Gasteiger partial charge in [0, 0.05) is 48.9 Å². The highest BCUT2D eigenvalue weighted by Crippen LogP contribution is 2.24. The van der Waals surface area contributed by atoms with E-state index in [0.29, 0.717) is 13.1 Å². The lowest BCUT2D eigenvalue weighted by atomic mass is 10.1. The molecule has 3 aromatic rings. The van der Waals surface area contributed by atoms with Crippen molar-refractivity contribution in [1.29, 1.82) is 0 Å². The molecule has 0 saturated heterocycles. The Morgan fingerprint density at radius 2 is 1.88 bits per heavy atom. The van der Waals surface area contributed by atoms with Crippen molar-refractivity contribution in [2.24, 2.45) is 0 Å². The molecule has 0 aliphatic carbocycles. The Balaban J connectivity index is 2.00. The molecule has 2 aromatic heterocycles. The Bertz CT molecular complexity index is 881. The number of carbonyl (C=O) groups excluding carboxylic acids is 1. The van der Waals surface area contributed by atoms with Gasteiger partial charge in [0.2, 0.25) is 5.91 Å². The number of nitrogens with zero attached hydrogens (tertiary/aromatic N) is 4. The minimum Gasteiger partial charge on any atom is -0.340 e. The van der Waals surface area contributed by atoms with E-state index in [2.05, 4.69) is 4.98 Å². The van der Waals surface area contributed by atoms with Gasteiger partial charge in [0.25, 0.3) is 0 Å². The van der Waals surface area contributed by atoms with E-state index < -0.39 is 0 Å². The van der Waals surface area contributed by atoms with Crippen molar-refractivity contribution in [2.75, 3.05) is 13.1 Å². The van der Waals surface area contributed by atoms with Crippen LogP contribution in [0, 0.1) is 0 Å². The quantitative estimate of drug-likeness (QED) is 0.638. The molecule has 0 N–H and O–H groups in total. The van der Waals surface area contributed by atoms with Crippen LogP contribution in [0.5, 0.6) is 0 Å². The fourth-order valence-corrected chi connectivity index (χ4v) is 2.75. The first kappa shape index (κ1) is 17.6. The number of rotatable bonds is 6. The van der Waals surface area contributed by atoms with E-state index in [1.807, 2.05) is 73.3 Å². The number of hydrogen-bond donors (Lipinski definition) is 0. The number of aromatic nitrogens is 3. The average molecular weight is 346 g/mol. The van der Waals surface area contributed by atoms with Crippen LogP contribution < -0.4 is 0 Å². The maximum Gasteiger partial charge on any atom is 0.246 e. The summed E-state index contributed by atoms with van der Waals surface area (Å²) in [5.41, 5.74) is 3.55. The molecule has 132 valence electrons. The lowest BCUT2D eigenvalue weighted by Gasteiger charge is -2.15. The van der Waals surface area contributed by atoms with Gasteiger partial charge < -0.3 is 4.90 Å². The van der Waals surface area contributed by atoms with Crippen LogP contribution in [0.15, 0.2) is 67.1 Å². The van der Waals surface area contributed by atoms with Gasteiger partial charge in [0.05, 0.1) is 5.69 Å². The van der Waals surface area contributed by atoms with E-state index in [-0.39, 0.29) is 5.91 Å². The summed E-state index contributed by atoms with van der Waals surface area (Å²) in [6.45, 7) is 5.34. The molecule has 0 fully saturated rings. The molecule has 5 heteroatoms. The Kier molecular flexibility index (Phi) is 5.59. The van der Waals surface area contributed by atoms with E-state index >= 15 is 0 Å². The van der Waals surface area contributed by atoms with Crippen LogP contribution in [0.1, 0.15) is 19.4 Å². The number of amides is 1. The fourth-order valence-electron chi connectivity index (χ4n) is 2.75. The molecule has 0 atom stereocenters. The Morgan fingerprint density at radius 1 is 1.12 bits per heavy atom. The summed E-state index contributed by atoms with van der Waals surface area (Å²) in [6, 6.07) is 13.8. The number of benzene rings is 1. The van der Waals surface area contributed by atoms with Crippen LogP contribution in [0.3, 0.4) is 0 Å². The lowest BCUT2D eigenvalue weighted by molar-refractivity contribution is -0.125.